The number of hydrogen-bond donors (Lipinski definition) is 3. The van der Waals surface area contributed by atoms with Gasteiger partial charge in [-0.05, 0) is 35.6 Å². The first-order valence-electron chi connectivity index (χ1n) is 11.2. The van der Waals surface area contributed by atoms with Crippen LogP contribution in [0.5, 0.6) is 5.75 Å². The molecule has 4 aromatic rings. The van der Waals surface area contributed by atoms with E-state index in [2.05, 4.69) is 85.9 Å². The van der Waals surface area contributed by atoms with Gasteiger partial charge in [0, 0.05) is 17.5 Å². The number of carbonyl (C=O) groups is 1. The maximum Gasteiger partial charge on any atom is 0.339 e. The Kier molecular flexibility index (Phi) is 6.64. The molecule has 5 heteroatoms. The topological polar surface area (TPSA) is 82.5 Å². The molecule has 0 saturated carbocycles. The number of phenols is 1. The smallest absolute Gasteiger partial charge is 0.339 e. The van der Waals surface area contributed by atoms with Gasteiger partial charge < -0.3 is 15.5 Å². The van der Waals surface area contributed by atoms with Crippen molar-refractivity contribution in [3.8, 4) is 5.75 Å². The highest BCUT2D eigenvalue weighted by Crippen LogP contribution is 2.37. The Morgan fingerprint density at radius 2 is 1.65 bits per heavy atom. The highest BCUT2D eigenvalue weighted by Gasteiger charge is 2.24. The molecule has 0 fully saturated rings. The molecule has 0 aliphatic heterocycles. The van der Waals surface area contributed by atoms with Gasteiger partial charge in [0.15, 0.2) is 0 Å². The Labute approximate surface area is 199 Å². The maximum absolute atomic E-state index is 10.3. The van der Waals surface area contributed by atoms with Crippen molar-refractivity contribution in [2.45, 2.75) is 26.8 Å². The molecule has 0 atom stereocenters. The van der Waals surface area contributed by atoms with Gasteiger partial charge in [-0.15, -0.1) is 0 Å². The van der Waals surface area contributed by atoms with Gasteiger partial charge in [0.2, 0.25) is 0 Å². The van der Waals surface area contributed by atoms with Crippen LogP contribution in [0.1, 0.15) is 41.0 Å². The lowest BCUT2D eigenvalue weighted by Crippen LogP contribution is -2.18. The lowest BCUT2D eigenvalue weighted by Gasteiger charge is -2.27. The normalized spacial score (nSPS) is 13.5. The number of para-hydroxylation sites is 2. The van der Waals surface area contributed by atoms with Crippen molar-refractivity contribution in [3.63, 3.8) is 0 Å². The number of carboxylic acids is 1. The molecule has 1 aromatic heterocycles. The number of allylic oxidation sites excluding steroid dienone is 1. The summed E-state index contributed by atoms with van der Waals surface area (Å²) in [6, 6.07) is 24.7. The highest BCUT2D eigenvalue weighted by atomic mass is 16.4. The van der Waals surface area contributed by atoms with Gasteiger partial charge in [-0.2, -0.15) is 0 Å². The summed E-state index contributed by atoms with van der Waals surface area (Å²) in [5.74, 6) is -1.31. The number of nitrogens with one attached hydrogen (secondary N) is 1. The first-order chi connectivity index (χ1) is 16.3. The Bertz CT molecular complexity index is 1340. The summed E-state index contributed by atoms with van der Waals surface area (Å²) < 4.78 is 0. The standard InChI is InChI=1S/C22H22N2.C7H6O3/c1-22(2)13-12-18-20(14-22)24-19-11-7-6-10-17(19)21(18)23-15-16-8-4-3-5-9-16;8-6-4-2-1-3-5(6)7(9)10/h3-13H,14-15H2,1-2H3,(H,23,24);1-4,8H,(H,9,10). The van der Waals surface area contributed by atoms with E-state index in [4.69, 9.17) is 15.2 Å². The number of anilines is 1. The Balaban J connectivity index is 0.000000231. The van der Waals surface area contributed by atoms with Crippen molar-refractivity contribution in [1.29, 1.82) is 0 Å². The molecular weight excluding hydrogens is 424 g/mol. The van der Waals surface area contributed by atoms with Crippen LogP contribution in [0.4, 0.5) is 5.69 Å². The quantitative estimate of drug-likeness (QED) is 0.328. The fourth-order valence-electron chi connectivity index (χ4n) is 4.02. The number of nitrogens with zero attached hydrogens (tertiary/aromatic N) is 1. The molecule has 3 N–H and O–H groups in total. The molecule has 0 radical (unpaired) electrons. The summed E-state index contributed by atoms with van der Waals surface area (Å²) in [4.78, 5) is 15.2. The summed E-state index contributed by atoms with van der Waals surface area (Å²) in [7, 11) is 0. The third-order valence-electron chi connectivity index (χ3n) is 5.78. The van der Waals surface area contributed by atoms with Crippen LogP contribution >= 0.6 is 0 Å². The third-order valence-corrected chi connectivity index (χ3v) is 5.78. The van der Waals surface area contributed by atoms with E-state index in [0.29, 0.717) is 0 Å². The first-order valence-corrected chi connectivity index (χ1v) is 11.2. The maximum atomic E-state index is 10.3. The highest BCUT2D eigenvalue weighted by molar-refractivity contribution is 5.96. The Hall–Kier alpha value is -4.12. The fourth-order valence-corrected chi connectivity index (χ4v) is 4.02. The van der Waals surface area contributed by atoms with E-state index >= 15 is 0 Å². The summed E-state index contributed by atoms with van der Waals surface area (Å²) >= 11 is 0. The minimum Gasteiger partial charge on any atom is -0.507 e. The van der Waals surface area contributed by atoms with Gasteiger partial charge in [-0.25, -0.2) is 4.79 Å². The number of rotatable bonds is 4. The van der Waals surface area contributed by atoms with Crippen LogP contribution in [0.3, 0.4) is 0 Å². The van der Waals surface area contributed by atoms with Crippen LogP contribution in [0.25, 0.3) is 17.0 Å². The molecule has 34 heavy (non-hydrogen) atoms. The van der Waals surface area contributed by atoms with E-state index in [1.165, 1.54) is 40.0 Å². The number of pyridine rings is 1. The molecule has 0 amide bonds. The number of fused-ring (bicyclic) bond motifs is 2. The number of hydrogen-bond acceptors (Lipinski definition) is 4. The summed E-state index contributed by atoms with van der Waals surface area (Å²) in [6.45, 7) is 5.35. The predicted octanol–water partition coefficient (Wildman–Crippen LogP) is 6.53. The number of aromatic nitrogens is 1. The van der Waals surface area contributed by atoms with Crippen molar-refractivity contribution < 1.29 is 15.0 Å². The number of aromatic hydroxyl groups is 1. The third kappa shape index (κ3) is 5.26. The zero-order valence-corrected chi connectivity index (χ0v) is 19.3. The largest absolute Gasteiger partial charge is 0.507 e. The zero-order valence-electron chi connectivity index (χ0n) is 19.3. The second-order valence-electron chi connectivity index (χ2n) is 9.02. The molecular formula is C29H28N2O3. The Morgan fingerprint density at radius 3 is 2.35 bits per heavy atom. The number of carboxylic acid groups (broad SMARTS) is 1. The summed E-state index contributed by atoms with van der Waals surface area (Å²) in [5.41, 5.74) is 6.08. The summed E-state index contributed by atoms with van der Waals surface area (Å²) in [5, 5.41) is 22.2. The van der Waals surface area contributed by atoms with Gasteiger partial charge in [-0.3, -0.25) is 4.98 Å². The zero-order chi connectivity index (χ0) is 24.1. The first kappa shape index (κ1) is 23.1. The molecule has 0 saturated heterocycles. The van der Waals surface area contributed by atoms with Crippen LogP contribution in [-0.4, -0.2) is 21.2 Å². The monoisotopic (exact) mass is 452 g/mol. The van der Waals surface area contributed by atoms with Crippen molar-refractivity contribution in [3.05, 3.63) is 107 Å². The van der Waals surface area contributed by atoms with E-state index in [1.807, 2.05) is 0 Å². The van der Waals surface area contributed by atoms with Gasteiger partial charge in [0.1, 0.15) is 11.3 Å². The fraction of sp³-hybridized carbons (Fsp3) is 0.172. The van der Waals surface area contributed by atoms with Crippen LogP contribution in [0.15, 0.2) is 84.9 Å². The average Bonchev–Trinajstić information content (AvgIpc) is 2.82. The Morgan fingerprint density at radius 1 is 0.971 bits per heavy atom. The molecule has 172 valence electrons. The predicted molar refractivity (Wildman–Crippen MR) is 137 cm³/mol. The molecule has 3 aromatic carbocycles. The van der Waals surface area contributed by atoms with Gasteiger partial charge >= 0.3 is 5.97 Å². The molecule has 5 rings (SSSR count). The van der Waals surface area contributed by atoms with E-state index < -0.39 is 5.97 Å². The molecule has 1 aliphatic carbocycles. The second-order valence-corrected chi connectivity index (χ2v) is 9.02. The lowest BCUT2D eigenvalue weighted by atomic mass is 9.81. The van der Waals surface area contributed by atoms with Crippen LogP contribution in [-0.2, 0) is 13.0 Å². The van der Waals surface area contributed by atoms with Crippen molar-refractivity contribution >= 4 is 28.6 Å². The molecule has 1 heterocycles. The van der Waals surface area contributed by atoms with E-state index in [0.717, 1.165) is 18.5 Å². The van der Waals surface area contributed by atoms with Gasteiger partial charge in [0.05, 0.1) is 16.9 Å². The average molecular weight is 453 g/mol. The molecule has 0 bridgehead atoms. The molecule has 0 unspecified atom stereocenters. The van der Waals surface area contributed by atoms with Crippen LogP contribution in [0, 0.1) is 5.41 Å². The summed E-state index contributed by atoms with van der Waals surface area (Å²) in [6.07, 6.45) is 5.52. The minimum absolute atomic E-state index is 0.0671. The van der Waals surface area contributed by atoms with Gasteiger partial charge in [-0.1, -0.05) is 86.7 Å². The minimum atomic E-state index is -1.11. The van der Waals surface area contributed by atoms with Gasteiger partial charge in [0.25, 0.3) is 0 Å². The molecule has 0 spiro atoms. The lowest BCUT2D eigenvalue weighted by molar-refractivity contribution is 0.0693. The SMILES string of the molecule is CC1(C)C=Cc2c(nc3ccccc3c2NCc2ccccc2)C1.O=C(O)c1ccccc1O. The van der Waals surface area contributed by atoms with Crippen molar-refractivity contribution in [2.75, 3.05) is 5.32 Å². The van der Waals surface area contributed by atoms with E-state index in [-0.39, 0.29) is 16.7 Å². The molecule has 1 aliphatic rings. The van der Waals surface area contributed by atoms with Crippen LogP contribution < -0.4 is 5.32 Å². The second kappa shape index (κ2) is 9.79. The van der Waals surface area contributed by atoms with Crippen molar-refractivity contribution in [2.24, 2.45) is 5.41 Å². The van der Waals surface area contributed by atoms with E-state index in [9.17, 15) is 4.79 Å². The number of aromatic carboxylic acids is 1. The van der Waals surface area contributed by atoms with E-state index in [1.54, 1.807) is 12.1 Å². The van der Waals surface area contributed by atoms with Crippen molar-refractivity contribution in [1.82, 2.24) is 4.98 Å². The van der Waals surface area contributed by atoms with Crippen LogP contribution in [0.2, 0.25) is 0 Å². The molecule has 5 nitrogen and oxygen atoms in total. The number of benzene rings is 3.